The molecule has 0 aliphatic carbocycles. The van der Waals surface area contributed by atoms with Gasteiger partial charge in [0.1, 0.15) is 4.90 Å². The van der Waals surface area contributed by atoms with Crippen LogP contribution in [0.1, 0.15) is 0 Å². The van der Waals surface area contributed by atoms with Crippen LogP contribution in [0.15, 0.2) is 29.2 Å². The molecule has 0 saturated carbocycles. The van der Waals surface area contributed by atoms with E-state index in [1.807, 2.05) is 0 Å². The molecule has 0 heterocycles. The van der Waals surface area contributed by atoms with E-state index >= 15 is 0 Å². The molecule has 4 N–H and O–H groups in total. The van der Waals surface area contributed by atoms with Crippen LogP contribution in [0.25, 0.3) is 0 Å². The second-order valence-corrected chi connectivity index (χ2v) is 5.43. The molecule has 1 aromatic carbocycles. The minimum absolute atomic E-state index is 0.00461. The van der Waals surface area contributed by atoms with Gasteiger partial charge in [0, 0.05) is 12.4 Å². The van der Waals surface area contributed by atoms with Crippen LogP contribution in [-0.2, 0) is 10.0 Å². The van der Waals surface area contributed by atoms with E-state index in [-0.39, 0.29) is 4.90 Å². The highest BCUT2D eigenvalue weighted by atomic mass is 35.5. The van der Waals surface area contributed by atoms with Crippen molar-refractivity contribution in [3.8, 4) is 0 Å². The second kappa shape index (κ2) is 6.15. The summed E-state index contributed by atoms with van der Waals surface area (Å²) in [5.41, 5.74) is 0.335. The van der Waals surface area contributed by atoms with Crippen LogP contribution in [0, 0.1) is 0 Å². The number of thiocarbonyl (C=S) groups is 1. The first-order valence-electron chi connectivity index (χ1n) is 4.68. The zero-order valence-corrected chi connectivity index (χ0v) is 11.2. The molecule has 0 spiro atoms. The Labute approximate surface area is 110 Å². The molecule has 0 unspecified atom stereocenters. The lowest BCUT2D eigenvalue weighted by Crippen LogP contribution is -2.30. The minimum Gasteiger partial charge on any atom is -0.361 e. The Hall–Kier alpha value is -0.890. The van der Waals surface area contributed by atoms with E-state index in [0.29, 0.717) is 23.2 Å². The van der Waals surface area contributed by atoms with E-state index in [1.54, 1.807) is 18.2 Å². The van der Waals surface area contributed by atoms with Gasteiger partial charge < -0.3 is 10.6 Å². The van der Waals surface area contributed by atoms with Gasteiger partial charge in [-0.05, 0) is 24.4 Å². The number of nitrogens with one attached hydrogen (secondary N) is 2. The van der Waals surface area contributed by atoms with Gasteiger partial charge in [0.05, 0.1) is 5.69 Å². The van der Waals surface area contributed by atoms with Crippen molar-refractivity contribution in [1.82, 2.24) is 5.32 Å². The molecule has 8 heteroatoms. The van der Waals surface area contributed by atoms with Gasteiger partial charge in [0.15, 0.2) is 5.11 Å². The molecule has 0 amide bonds. The highest BCUT2D eigenvalue weighted by Crippen LogP contribution is 2.18. The summed E-state index contributed by atoms with van der Waals surface area (Å²) in [6.07, 6.45) is 0. The third kappa shape index (κ3) is 4.47. The van der Waals surface area contributed by atoms with E-state index in [0.717, 1.165) is 0 Å². The summed E-state index contributed by atoms with van der Waals surface area (Å²) in [5.74, 6) is 0.401. The summed E-state index contributed by atoms with van der Waals surface area (Å²) in [4.78, 5) is -0.00461. The van der Waals surface area contributed by atoms with Crippen molar-refractivity contribution in [3.63, 3.8) is 0 Å². The maximum absolute atomic E-state index is 11.3. The van der Waals surface area contributed by atoms with Crippen molar-refractivity contribution in [2.45, 2.75) is 4.90 Å². The van der Waals surface area contributed by atoms with Crippen molar-refractivity contribution >= 4 is 44.6 Å². The van der Waals surface area contributed by atoms with Crippen LogP contribution in [0.3, 0.4) is 0 Å². The number of rotatable bonds is 4. The predicted octanol–water partition coefficient (Wildman–Crippen LogP) is 0.859. The highest BCUT2D eigenvalue weighted by Gasteiger charge is 2.13. The van der Waals surface area contributed by atoms with E-state index in [4.69, 9.17) is 29.0 Å². The molecular weight excluding hydrogens is 282 g/mol. The van der Waals surface area contributed by atoms with Gasteiger partial charge in [-0.1, -0.05) is 12.1 Å². The maximum atomic E-state index is 11.3. The fraction of sp³-hybridized carbons (Fsp3) is 0.222. The molecule has 0 atom stereocenters. The number of hydrogen-bond donors (Lipinski definition) is 3. The van der Waals surface area contributed by atoms with Crippen molar-refractivity contribution in [2.75, 3.05) is 17.7 Å². The SMILES string of the molecule is NS(=O)(=O)c1ccccc1NC(=S)NCCCl. The molecule has 0 radical (unpaired) electrons. The molecule has 0 fully saturated rings. The zero-order valence-electron chi connectivity index (χ0n) is 8.81. The number of para-hydroxylation sites is 1. The number of benzene rings is 1. The molecule has 0 bridgehead atoms. The molecule has 1 rings (SSSR count). The molecule has 94 valence electrons. The van der Waals surface area contributed by atoms with Crippen LogP contribution < -0.4 is 15.8 Å². The summed E-state index contributed by atoms with van der Waals surface area (Å²) < 4.78 is 22.6. The molecule has 0 aromatic heterocycles. The Morgan fingerprint density at radius 2 is 2.06 bits per heavy atom. The number of sulfonamides is 1. The fourth-order valence-electron chi connectivity index (χ4n) is 1.15. The number of anilines is 1. The summed E-state index contributed by atoms with van der Waals surface area (Å²) in [6, 6.07) is 6.25. The standard InChI is InChI=1S/C9H12ClN3O2S2/c10-5-6-12-9(16)13-7-3-1-2-4-8(7)17(11,14)15/h1-4H,5-6H2,(H2,11,14,15)(H2,12,13,16). The largest absolute Gasteiger partial charge is 0.361 e. The van der Waals surface area contributed by atoms with Gasteiger partial charge in [0.2, 0.25) is 10.0 Å². The number of nitrogens with two attached hydrogens (primary N) is 1. The van der Waals surface area contributed by atoms with Crippen LogP contribution in [0.2, 0.25) is 0 Å². The Balaban J connectivity index is 2.88. The van der Waals surface area contributed by atoms with E-state index in [1.165, 1.54) is 6.07 Å². The summed E-state index contributed by atoms with van der Waals surface area (Å²) in [6.45, 7) is 0.491. The van der Waals surface area contributed by atoms with E-state index < -0.39 is 10.0 Å². The monoisotopic (exact) mass is 293 g/mol. The molecule has 1 aromatic rings. The predicted molar refractivity (Wildman–Crippen MR) is 72.8 cm³/mol. The highest BCUT2D eigenvalue weighted by molar-refractivity contribution is 7.89. The first-order chi connectivity index (χ1) is 7.95. The van der Waals surface area contributed by atoms with Crippen molar-refractivity contribution in [3.05, 3.63) is 24.3 Å². The van der Waals surface area contributed by atoms with Crippen LogP contribution in [0.4, 0.5) is 5.69 Å². The van der Waals surface area contributed by atoms with Gasteiger partial charge in [0.25, 0.3) is 0 Å². The first-order valence-corrected chi connectivity index (χ1v) is 7.16. The lowest BCUT2D eigenvalue weighted by Gasteiger charge is -2.12. The van der Waals surface area contributed by atoms with Gasteiger partial charge in [-0.2, -0.15) is 0 Å². The lowest BCUT2D eigenvalue weighted by molar-refractivity contribution is 0.598. The Bertz CT molecular complexity index is 505. The second-order valence-electron chi connectivity index (χ2n) is 3.11. The zero-order chi connectivity index (χ0) is 12.9. The quantitative estimate of drug-likeness (QED) is 0.566. The van der Waals surface area contributed by atoms with Crippen LogP contribution in [-0.4, -0.2) is 26.0 Å². The summed E-state index contributed by atoms with van der Waals surface area (Å²) in [7, 11) is -3.78. The topological polar surface area (TPSA) is 84.2 Å². The van der Waals surface area contributed by atoms with Crippen molar-refractivity contribution in [2.24, 2.45) is 5.14 Å². The third-order valence-corrected chi connectivity index (χ3v) is 3.23. The van der Waals surface area contributed by atoms with Crippen molar-refractivity contribution in [1.29, 1.82) is 0 Å². The molecule has 0 saturated heterocycles. The number of hydrogen-bond acceptors (Lipinski definition) is 3. The summed E-state index contributed by atoms with van der Waals surface area (Å²) >= 11 is 10.5. The van der Waals surface area contributed by atoms with Gasteiger partial charge in [-0.3, -0.25) is 0 Å². The number of alkyl halides is 1. The first kappa shape index (κ1) is 14.2. The maximum Gasteiger partial charge on any atom is 0.240 e. The third-order valence-electron chi connectivity index (χ3n) is 1.82. The van der Waals surface area contributed by atoms with Crippen molar-refractivity contribution < 1.29 is 8.42 Å². The van der Waals surface area contributed by atoms with Gasteiger partial charge in [-0.15, -0.1) is 11.6 Å². The average molecular weight is 294 g/mol. The molecular formula is C9H12ClN3O2S2. The molecule has 17 heavy (non-hydrogen) atoms. The van der Waals surface area contributed by atoms with E-state index in [2.05, 4.69) is 10.6 Å². The Morgan fingerprint density at radius 1 is 1.41 bits per heavy atom. The molecule has 0 aliphatic heterocycles. The van der Waals surface area contributed by atoms with Crippen LogP contribution >= 0.6 is 23.8 Å². The minimum atomic E-state index is -3.78. The van der Waals surface area contributed by atoms with Gasteiger partial charge in [-0.25, -0.2) is 13.6 Å². The molecule has 0 aliphatic rings. The number of halogens is 1. The Kier molecular flexibility index (Phi) is 5.13. The normalized spacial score (nSPS) is 10.9. The van der Waals surface area contributed by atoms with Gasteiger partial charge >= 0.3 is 0 Å². The van der Waals surface area contributed by atoms with E-state index in [9.17, 15) is 8.42 Å². The lowest BCUT2D eigenvalue weighted by atomic mass is 10.3. The number of primary sulfonamides is 1. The molecule has 5 nitrogen and oxygen atoms in total. The smallest absolute Gasteiger partial charge is 0.240 e. The average Bonchev–Trinajstić information content (AvgIpc) is 2.25. The Morgan fingerprint density at radius 3 is 2.65 bits per heavy atom. The van der Waals surface area contributed by atoms with Crippen LogP contribution in [0.5, 0.6) is 0 Å². The summed E-state index contributed by atoms with van der Waals surface area (Å²) in [5, 5.41) is 10.9. The fourth-order valence-corrected chi connectivity index (χ4v) is 2.15.